The van der Waals surface area contributed by atoms with Gasteiger partial charge in [-0.1, -0.05) is 31.9 Å². The van der Waals surface area contributed by atoms with Crippen LogP contribution in [0.1, 0.15) is 73.8 Å². The lowest BCUT2D eigenvalue weighted by molar-refractivity contribution is 0.0488. The van der Waals surface area contributed by atoms with Gasteiger partial charge in [0.1, 0.15) is 17.6 Å². The summed E-state index contributed by atoms with van der Waals surface area (Å²) in [6.07, 6.45) is 11.9. The van der Waals surface area contributed by atoms with Crippen molar-refractivity contribution in [1.82, 2.24) is 4.57 Å². The van der Waals surface area contributed by atoms with E-state index in [0.717, 1.165) is 22.6 Å². The first kappa shape index (κ1) is 17.6. The molecule has 134 valence electrons. The second-order valence-corrected chi connectivity index (χ2v) is 6.85. The smallest absolute Gasteiger partial charge is 0.265 e. The summed E-state index contributed by atoms with van der Waals surface area (Å²) in [6.45, 7) is 8.56. The van der Waals surface area contributed by atoms with E-state index >= 15 is 0 Å². The van der Waals surface area contributed by atoms with Crippen LogP contribution in [0.5, 0.6) is 0 Å². The van der Waals surface area contributed by atoms with Crippen LogP contribution in [-0.4, -0.2) is 10.5 Å². The highest BCUT2D eigenvalue weighted by Gasteiger charge is 2.37. The standard InChI is InChI=1S/C21H28N2O2/c1-4-10-15-18(5-2)25-20(14-11-8-7-9-12-14)16-13-17(21(22)24)23(6-3)19(15)16/h4-5,10,13-14,20H,1,6-9,11-12H2,2-3H3,(H2,22,24)/b15-10?,18-5+/t20-/m1/s1. The van der Waals surface area contributed by atoms with Crippen LogP contribution in [0.25, 0.3) is 5.57 Å². The van der Waals surface area contributed by atoms with Gasteiger partial charge >= 0.3 is 0 Å². The number of ether oxygens (including phenoxy) is 1. The molecule has 4 heteroatoms. The summed E-state index contributed by atoms with van der Waals surface area (Å²) in [5.41, 5.74) is 9.36. The molecule has 3 rings (SSSR count). The predicted molar refractivity (Wildman–Crippen MR) is 101 cm³/mol. The van der Waals surface area contributed by atoms with Gasteiger partial charge in [0.05, 0.1) is 5.69 Å². The van der Waals surface area contributed by atoms with Crippen molar-refractivity contribution >= 4 is 11.5 Å². The molecule has 1 aromatic rings. The van der Waals surface area contributed by atoms with Gasteiger partial charge in [-0.25, -0.2) is 0 Å². The summed E-state index contributed by atoms with van der Waals surface area (Å²) >= 11 is 0. The molecule has 0 aromatic carbocycles. The van der Waals surface area contributed by atoms with Gasteiger partial charge in [-0.15, -0.1) is 0 Å². The number of amides is 1. The molecule has 1 aliphatic heterocycles. The Morgan fingerprint density at radius 1 is 1.40 bits per heavy atom. The zero-order valence-corrected chi connectivity index (χ0v) is 15.3. The highest BCUT2D eigenvalue weighted by atomic mass is 16.5. The summed E-state index contributed by atoms with van der Waals surface area (Å²) in [5.74, 6) is 0.964. The first-order valence-corrected chi connectivity index (χ1v) is 9.32. The van der Waals surface area contributed by atoms with Crippen molar-refractivity contribution in [3.05, 3.63) is 53.6 Å². The topological polar surface area (TPSA) is 57.2 Å². The minimum Gasteiger partial charge on any atom is -0.485 e. The Morgan fingerprint density at radius 2 is 2.12 bits per heavy atom. The predicted octanol–water partition coefficient (Wildman–Crippen LogP) is 4.73. The van der Waals surface area contributed by atoms with Crippen molar-refractivity contribution in [3.8, 4) is 0 Å². The lowest BCUT2D eigenvalue weighted by atomic mass is 9.80. The third-order valence-electron chi connectivity index (χ3n) is 5.40. The number of carbonyl (C=O) groups is 1. The van der Waals surface area contributed by atoms with E-state index in [1.54, 1.807) is 6.08 Å². The van der Waals surface area contributed by atoms with Crippen LogP contribution >= 0.6 is 0 Å². The molecule has 1 atom stereocenters. The second kappa shape index (κ2) is 7.34. The molecule has 2 N–H and O–H groups in total. The fourth-order valence-corrected chi connectivity index (χ4v) is 4.29. The fourth-order valence-electron chi connectivity index (χ4n) is 4.29. The third kappa shape index (κ3) is 3.06. The van der Waals surface area contributed by atoms with Crippen LogP contribution < -0.4 is 5.73 Å². The van der Waals surface area contributed by atoms with Crippen molar-refractivity contribution in [2.75, 3.05) is 0 Å². The first-order valence-electron chi connectivity index (χ1n) is 9.32. The zero-order chi connectivity index (χ0) is 18.0. The Hall–Kier alpha value is -2.23. The van der Waals surface area contributed by atoms with Crippen LogP contribution in [-0.2, 0) is 11.3 Å². The van der Waals surface area contributed by atoms with Crippen LogP contribution in [0.3, 0.4) is 0 Å². The monoisotopic (exact) mass is 340 g/mol. The van der Waals surface area contributed by atoms with Gasteiger partial charge in [-0.05, 0) is 44.9 Å². The first-order chi connectivity index (χ1) is 12.1. The molecular weight excluding hydrogens is 312 g/mol. The number of hydrogen-bond acceptors (Lipinski definition) is 2. The van der Waals surface area contributed by atoms with Gasteiger partial charge in [0, 0.05) is 23.6 Å². The van der Waals surface area contributed by atoms with Gasteiger partial charge < -0.3 is 15.0 Å². The number of rotatable bonds is 4. The third-order valence-corrected chi connectivity index (χ3v) is 5.40. The molecule has 1 fully saturated rings. The Balaban J connectivity index is 2.20. The highest BCUT2D eigenvalue weighted by Crippen LogP contribution is 2.47. The molecular formula is C21H28N2O2. The molecule has 0 bridgehead atoms. The molecule has 25 heavy (non-hydrogen) atoms. The van der Waals surface area contributed by atoms with Gasteiger partial charge in [-0.2, -0.15) is 0 Å². The number of nitrogens with zero attached hydrogens (tertiary/aromatic N) is 1. The SMILES string of the molecule is C=CC=C1/C(=C\C)O[C@H](C2CCCCC2)c2cc(C(N)=O)n(CC)c21. The average Bonchev–Trinajstić information content (AvgIpc) is 3.02. The summed E-state index contributed by atoms with van der Waals surface area (Å²) in [5, 5.41) is 0. The highest BCUT2D eigenvalue weighted by molar-refractivity contribution is 5.94. The molecule has 0 unspecified atom stereocenters. The summed E-state index contributed by atoms with van der Waals surface area (Å²) < 4.78 is 8.46. The van der Waals surface area contributed by atoms with Crippen molar-refractivity contribution in [1.29, 1.82) is 0 Å². The molecule has 0 spiro atoms. The van der Waals surface area contributed by atoms with Crippen molar-refractivity contribution in [2.45, 2.75) is 58.6 Å². The van der Waals surface area contributed by atoms with Crippen LogP contribution in [0, 0.1) is 5.92 Å². The lowest BCUT2D eigenvalue weighted by Crippen LogP contribution is -2.24. The maximum atomic E-state index is 12.0. The number of primary amides is 1. The molecule has 1 aromatic heterocycles. The second-order valence-electron chi connectivity index (χ2n) is 6.85. The number of carbonyl (C=O) groups excluding carboxylic acids is 1. The van der Waals surface area contributed by atoms with E-state index in [4.69, 9.17) is 10.5 Å². The number of nitrogens with two attached hydrogens (primary N) is 1. The lowest BCUT2D eigenvalue weighted by Gasteiger charge is -2.36. The normalized spacial score (nSPS) is 24.2. The number of fused-ring (bicyclic) bond motifs is 1. The molecule has 1 aliphatic carbocycles. The minimum atomic E-state index is -0.390. The molecule has 0 saturated heterocycles. The summed E-state index contributed by atoms with van der Waals surface area (Å²) in [6, 6.07) is 1.95. The van der Waals surface area contributed by atoms with Gasteiger partial charge in [0.15, 0.2) is 0 Å². The molecule has 2 aliphatic rings. The maximum Gasteiger partial charge on any atom is 0.265 e. The molecule has 4 nitrogen and oxygen atoms in total. The van der Waals surface area contributed by atoms with Crippen LogP contribution in [0.15, 0.2) is 36.6 Å². The minimum absolute atomic E-state index is 0.00522. The van der Waals surface area contributed by atoms with Gasteiger partial charge in [0.25, 0.3) is 5.91 Å². The van der Waals surface area contributed by atoms with Gasteiger partial charge in [-0.3, -0.25) is 4.79 Å². The van der Waals surface area contributed by atoms with E-state index in [2.05, 4.69) is 6.58 Å². The maximum absolute atomic E-state index is 12.0. The fraction of sp³-hybridized carbons (Fsp3) is 0.476. The number of aromatic nitrogens is 1. The Morgan fingerprint density at radius 3 is 2.68 bits per heavy atom. The zero-order valence-electron chi connectivity index (χ0n) is 15.3. The van der Waals surface area contributed by atoms with E-state index < -0.39 is 5.91 Å². The van der Waals surface area contributed by atoms with Crippen molar-refractivity contribution in [3.63, 3.8) is 0 Å². The quantitative estimate of drug-likeness (QED) is 0.861. The summed E-state index contributed by atoms with van der Waals surface area (Å²) in [7, 11) is 0. The van der Waals surface area contributed by atoms with E-state index in [-0.39, 0.29) is 6.10 Å². The Kier molecular flexibility index (Phi) is 5.16. The molecule has 1 saturated carbocycles. The van der Waals surface area contributed by atoms with E-state index in [9.17, 15) is 4.79 Å². The number of hydrogen-bond donors (Lipinski definition) is 1. The number of allylic oxidation sites excluding steroid dienone is 4. The van der Waals surface area contributed by atoms with E-state index in [0.29, 0.717) is 18.2 Å². The van der Waals surface area contributed by atoms with Gasteiger partial charge in [0.2, 0.25) is 0 Å². The Bertz CT molecular complexity index is 733. The van der Waals surface area contributed by atoms with Crippen molar-refractivity contribution < 1.29 is 9.53 Å². The Labute approximate surface area is 150 Å². The summed E-state index contributed by atoms with van der Waals surface area (Å²) in [4.78, 5) is 12.0. The molecule has 0 radical (unpaired) electrons. The van der Waals surface area contributed by atoms with E-state index in [1.165, 1.54) is 32.1 Å². The van der Waals surface area contributed by atoms with Crippen LogP contribution in [0.4, 0.5) is 0 Å². The molecule has 2 heterocycles. The largest absolute Gasteiger partial charge is 0.485 e. The molecule has 1 amide bonds. The van der Waals surface area contributed by atoms with Crippen molar-refractivity contribution in [2.24, 2.45) is 11.7 Å². The van der Waals surface area contributed by atoms with Crippen LogP contribution in [0.2, 0.25) is 0 Å². The van der Waals surface area contributed by atoms with E-state index in [1.807, 2.05) is 36.6 Å². The average molecular weight is 340 g/mol.